The van der Waals surface area contributed by atoms with Crippen molar-refractivity contribution in [2.24, 2.45) is 0 Å². The van der Waals surface area contributed by atoms with Gasteiger partial charge in [-0.05, 0) is 46.0 Å². The summed E-state index contributed by atoms with van der Waals surface area (Å²) in [7, 11) is 31.0. The second kappa shape index (κ2) is 14.7. The Morgan fingerprint density at radius 2 is 0.820 bits per heavy atom. The van der Waals surface area contributed by atoms with E-state index in [1.807, 2.05) is 66.7 Å². The monoisotopic (exact) mass is 783 g/mol. The summed E-state index contributed by atoms with van der Waals surface area (Å²) >= 11 is 1.75. The normalized spacial score (nSPS) is 11.6. The molecule has 0 saturated carbocycles. The van der Waals surface area contributed by atoms with Gasteiger partial charge in [0.2, 0.25) is 0 Å². The maximum absolute atomic E-state index is 6.89. The summed E-state index contributed by atoms with van der Waals surface area (Å²) in [5, 5.41) is 4.38. The van der Waals surface area contributed by atoms with Gasteiger partial charge in [0, 0.05) is 47.6 Å². The lowest BCUT2D eigenvalue weighted by molar-refractivity contribution is 0.670. The summed E-state index contributed by atoms with van der Waals surface area (Å²) in [6.07, 6.45) is 0. The van der Waals surface area contributed by atoms with Gasteiger partial charge in [-0.25, -0.2) is 15.0 Å². The van der Waals surface area contributed by atoms with Crippen molar-refractivity contribution in [1.29, 1.82) is 0 Å². The number of benzene rings is 8. The Hall–Kier alpha value is -6.89. The lowest BCUT2D eigenvalue weighted by atomic mass is 9.59. The number of furan rings is 1. The molecule has 0 N–H and O–H groups in total. The number of nitrogens with zero attached hydrogens (tertiary/aromatic N) is 3. The first kappa shape index (κ1) is 37.1. The summed E-state index contributed by atoms with van der Waals surface area (Å²) < 4.78 is 9.25. The molecule has 0 unspecified atom stereocenters. The first-order valence-corrected chi connectivity index (χ1v) is 20.5. The van der Waals surface area contributed by atoms with E-state index in [1.54, 1.807) is 11.3 Å². The molecule has 0 spiro atoms. The molecule has 10 heteroatoms. The average Bonchev–Trinajstić information content (AvgIpc) is 3.90. The van der Waals surface area contributed by atoms with Gasteiger partial charge in [0.25, 0.3) is 0 Å². The fraction of sp³-hybridized carbons (Fsp3) is 0. The minimum Gasteiger partial charge on any atom is -0.455 e. The van der Waals surface area contributed by atoms with Gasteiger partial charge >= 0.3 is 0 Å². The van der Waals surface area contributed by atoms with Gasteiger partial charge < -0.3 is 4.42 Å². The predicted octanol–water partition coefficient (Wildman–Crippen LogP) is 8.11. The van der Waals surface area contributed by atoms with Crippen LogP contribution in [0.5, 0.6) is 0 Å². The highest BCUT2D eigenvalue weighted by Crippen LogP contribution is 2.42. The Morgan fingerprint density at radius 3 is 1.49 bits per heavy atom. The smallest absolute Gasteiger partial charge is 0.167 e. The van der Waals surface area contributed by atoms with E-state index in [1.165, 1.54) is 15.5 Å². The van der Waals surface area contributed by atoms with E-state index in [9.17, 15) is 0 Å². The van der Waals surface area contributed by atoms with E-state index in [-0.39, 0.29) is 16.4 Å². The molecule has 0 fully saturated rings. The fourth-order valence-electron chi connectivity index (χ4n) is 8.31. The van der Waals surface area contributed by atoms with Crippen LogP contribution in [0.15, 0.2) is 162 Å². The SMILES string of the molecule is [B]c1c([B])c([B])c(-c2ccc(-c3ccc(-c4cccc5c4oc4c(-c6nc(-c7ccccc7)nc(-c7cccc8c7sc7ccccc78)n6)cccc45)cc3)cc2)c([B])c1[B]. The molecule has 3 aromatic heterocycles. The number of rotatable bonds is 6. The van der Waals surface area contributed by atoms with Gasteiger partial charge in [0.1, 0.15) is 50.4 Å². The van der Waals surface area contributed by atoms with Crippen LogP contribution in [0, 0.1) is 0 Å². The van der Waals surface area contributed by atoms with Crippen molar-refractivity contribution in [3.8, 4) is 67.5 Å². The highest BCUT2D eigenvalue weighted by Gasteiger charge is 2.21. The van der Waals surface area contributed by atoms with Crippen LogP contribution >= 0.6 is 11.3 Å². The third-order valence-electron chi connectivity index (χ3n) is 11.5. The zero-order chi connectivity index (χ0) is 41.4. The first-order valence-electron chi connectivity index (χ1n) is 19.7. The number of thiophene rings is 1. The largest absolute Gasteiger partial charge is 0.455 e. The molecule has 11 rings (SSSR count). The van der Waals surface area contributed by atoms with Gasteiger partial charge in [-0.1, -0.05) is 150 Å². The van der Waals surface area contributed by atoms with Crippen LogP contribution in [-0.4, -0.2) is 54.2 Å². The molecule has 0 amide bonds. The third kappa shape index (κ3) is 6.16. The van der Waals surface area contributed by atoms with Gasteiger partial charge in [-0.2, -0.15) is 0 Å². The molecule has 0 saturated heterocycles. The Balaban J connectivity index is 0.993. The van der Waals surface area contributed by atoms with Crippen LogP contribution in [0.1, 0.15) is 0 Å². The van der Waals surface area contributed by atoms with Gasteiger partial charge in [0.15, 0.2) is 17.5 Å². The van der Waals surface area contributed by atoms with Crippen molar-refractivity contribution in [2.75, 3.05) is 0 Å². The quantitative estimate of drug-likeness (QED) is 0.160. The molecule has 61 heavy (non-hydrogen) atoms. The number of hydrogen-bond acceptors (Lipinski definition) is 5. The third-order valence-corrected chi connectivity index (χ3v) is 12.7. The standard InChI is InChI=1S/C51H26B5N3OS/c52-41-40(42(53)44(55)45(56)43(41)54)30-25-21-28(22-26-30)27-19-23-29(24-20-27)32-12-6-13-34-35-14-7-16-37(47(35)60-46(32)34)50-57-49(31-9-2-1-3-10-31)58-51(59-50)38-17-8-15-36-33-11-4-5-18-39(33)61-48(36)38/h1-26H. The van der Waals surface area contributed by atoms with Gasteiger partial charge in [0.05, 0.1) is 5.56 Å². The molecule has 0 aliphatic heterocycles. The zero-order valence-electron chi connectivity index (χ0n) is 32.6. The van der Waals surface area contributed by atoms with Gasteiger partial charge in [-0.15, -0.1) is 27.7 Å². The minimum atomic E-state index is 0.195. The summed E-state index contributed by atoms with van der Waals surface area (Å²) in [5.74, 6) is 1.74. The van der Waals surface area contributed by atoms with E-state index < -0.39 is 0 Å². The maximum Gasteiger partial charge on any atom is 0.167 e. The molecule has 3 heterocycles. The van der Waals surface area contributed by atoms with Crippen molar-refractivity contribution < 1.29 is 4.42 Å². The number of fused-ring (bicyclic) bond motifs is 6. The summed E-state index contributed by atoms with van der Waals surface area (Å²) in [4.78, 5) is 15.4. The Kier molecular flexibility index (Phi) is 8.94. The lowest BCUT2D eigenvalue weighted by Crippen LogP contribution is -2.55. The fourth-order valence-corrected chi connectivity index (χ4v) is 9.52. The van der Waals surface area contributed by atoms with Crippen LogP contribution in [0.2, 0.25) is 0 Å². The van der Waals surface area contributed by atoms with Crippen LogP contribution in [-0.2, 0) is 0 Å². The van der Waals surface area contributed by atoms with Crippen LogP contribution in [0.3, 0.4) is 0 Å². The topological polar surface area (TPSA) is 51.8 Å². The second-order valence-electron chi connectivity index (χ2n) is 15.0. The lowest BCUT2D eigenvalue weighted by Gasteiger charge is -2.21. The Bertz CT molecular complexity index is 3500. The molecule has 10 radical (unpaired) electrons. The molecule has 0 aliphatic carbocycles. The van der Waals surface area contributed by atoms with Crippen molar-refractivity contribution in [2.45, 2.75) is 0 Å². The molecule has 11 aromatic rings. The molecule has 272 valence electrons. The minimum absolute atomic E-state index is 0.195. The van der Waals surface area contributed by atoms with E-state index in [0.29, 0.717) is 39.5 Å². The van der Waals surface area contributed by atoms with Crippen LogP contribution < -0.4 is 27.3 Å². The van der Waals surface area contributed by atoms with Crippen molar-refractivity contribution >= 4 is 120 Å². The van der Waals surface area contributed by atoms with Crippen molar-refractivity contribution in [3.63, 3.8) is 0 Å². The summed E-state index contributed by atoms with van der Waals surface area (Å²) in [6.45, 7) is 0. The maximum atomic E-state index is 6.89. The molecular formula is C51H26B5N3OS. The van der Waals surface area contributed by atoms with E-state index >= 15 is 0 Å². The Labute approximate surface area is 362 Å². The number of para-hydroxylation sites is 2. The molecule has 0 atom stereocenters. The second-order valence-corrected chi connectivity index (χ2v) is 16.1. The van der Waals surface area contributed by atoms with Gasteiger partial charge in [-0.3, -0.25) is 0 Å². The summed E-state index contributed by atoms with van der Waals surface area (Å²) in [5.41, 5.74) is 10.8. The number of aromatic nitrogens is 3. The predicted molar refractivity (Wildman–Crippen MR) is 260 cm³/mol. The Morgan fingerprint density at radius 1 is 0.344 bits per heavy atom. The zero-order valence-corrected chi connectivity index (χ0v) is 33.4. The summed E-state index contributed by atoms with van der Waals surface area (Å²) in [6, 6.07) is 53.7. The van der Waals surface area contributed by atoms with Crippen molar-refractivity contribution in [3.05, 3.63) is 158 Å². The first-order chi connectivity index (χ1) is 29.8. The highest BCUT2D eigenvalue weighted by molar-refractivity contribution is 7.26. The van der Waals surface area contributed by atoms with Crippen molar-refractivity contribution in [1.82, 2.24) is 15.0 Å². The molecule has 0 aliphatic rings. The highest BCUT2D eigenvalue weighted by atomic mass is 32.1. The molecular weight excluding hydrogens is 757 g/mol. The number of hydrogen-bond donors (Lipinski definition) is 0. The van der Waals surface area contributed by atoms with E-state index in [0.717, 1.165) is 65.6 Å². The van der Waals surface area contributed by atoms with Crippen LogP contribution in [0.4, 0.5) is 0 Å². The molecule has 4 nitrogen and oxygen atoms in total. The van der Waals surface area contributed by atoms with E-state index in [2.05, 4.69) is 91.0 Å². The van der Waals surface area contributed by atoms with Crippen LogP contribution in [0.25, 0.3) is 110 Å². The van der Waals surface area contributed by atoms with E-state index in [4.69, 9.17) is 58.6 Å². The average molecular weight is 783 g/mol. The molecule has 0 bridgehead atoms. The molecule has 8 aromatic carbocycles.